The van der Waals surface area contributed by atoms with E-state index in [0.717, 1.165) is 36.3 Å². The zero-order chi connectivity index (χ0) is 30.2. The van der Waals surface area contributed by atoms with Crippen LogP contribution in [0.1, 0.15) is 101 Å². The average Bonchev–Trinajstić information content (AvgIpc) is 3.27. The summed E-state index contributed by atoms with van der Waals surface area (Å²) >= 11 is 1.25. The van der Waals surface area contributed by atoms with Crippen molar-refractivity contribution in [3.63, 3.8) is 0 Å². The molecule has 1 amide bonds. The van der Waals surface area contributed by atoms with Crippen LogP contribution < -0.4 is 10.0 Å². The maximum absolute atomic E-state index is 13.3. The Labute approximate surface area is 248 Å². The quantitative estimate of drug-likeness (QED) is 0.391. The van der Waals surface area contributed by atoms with Gasteiger partial charge >= 0.3 is 0 Å². The third kappa shape index (κ3) is 8.37. The van der Waals surface area contributed by atoms with Crippen molar-refractivity contribution in [2.45, 2.75) is 108 Å². The molecule has 0 unspecified atom stereocenters. The molecule has 1 saturated carbocycles. The third-order valence-electron chi connectivity index (χ3n) is 7.62. The van der Waals surface area contributed by atoms with E-state index in [2.05, 4.69) is 10.0 Å². The van der Waals surface area contributed by atoms with Crippen molar-refractivity contribution >= 4 is 37.1 Å². The summed E-state index contributed by atoms with van der Waals surface area (Å²) in [5, 5.41) is 14.3. The summed E-state index contributed by atoms with van der Waals surface area (Å²) in [7, 11) is -6.97. The molecule has 0 bridgehead atoms. The van der Waals surface area contributed by atoms with Gasteiger partial charge < -0.3 is 10.4 Å². The molecule has 2 aliphatic rings. The number of hydrogen-bond donors (Lipinski definition) is 3. The van der Waals surface area contributed by atoms with Crippen molar-refractivity contribution < 1.29 is 26.7 Å². The Bertz CT molecular complexity index is 1460. The van der Waals surface area contributed by atoms with E-state index < -0.39 is 31.0 Å². The number of carbonyl (C=O) groups excluding carboxylic acids is 1. The molecule has 2 aromatic rings. The number of thiazole rings is 1. The van der Waals surface area contributed by atoms with Crippen molar-refractivity contribution in [2.75, 3.05) is 11.5 Å². The summed E-state index contributed by atoms with van der Waals surface area (Å²) in [4.78, 5) is 18.8. The predicted octanol–water partition coefficient (Wildman–Crippen LogP) is 4.54. The van der Waals surface area contributed by atoms with Gasteiger partial charge in [0.2, 0.25) is 10.0 Å². The molecular formula is C29H43N3O6S3. The van der Waals surface area contributed by atoms with Crippen LogP contribution in [0, 0.1) is 5.92 Å². The molecule has 4 rings (SSSR count). The molecule has 1 aromatic heterocycles. The lowest BCUT2D eigenvalue weighted by Gasteiger charge is -2.26. The molecule has 12 heteroatoms. The van der Waals surface area contributed by atoms with Gasteiger partial charge in [0.25, 0.3) is 5.91 Å². The first-order valence-corrected chi connectivity index (χ1v) is 18.5. The Kier molecular flexibility index (Phi) is 9.40. The lowest BCUT2D eigenvalue weighted by Crippen LogP contribution is -2.41. The highest BCUT2D eigenvalue weighted by Crippen LogP contribution is 2.38. The van der Waals surface area contributed by atoms with E-state index in [9.17, 15) is 26.7 Å². The molecule has 2 heterocycles. The van der Waals surface area contributed by atoms with Crippen LogP contribution in [-0.2, 0) is 31.9 Å². The van der Waals surface area contributed by atoms with E-state index >= 15 is 0 Å². The summed E-state index contributed by atoms with van der Waals surface area (Å²) < 4.78 is 52.9. The van der Waals surface area contributed by atoms with Gasteiger partial charge in [-0.25, -0.2) is 26.5 Å². The second-order valence-electron chi connectivity index (χ2n) is 13.0. The van der Waals surface area contributed by atoms with Gasteiger partial charge in [-0.2, -0.15) is 0 Å². The number of carbonyl (C=O) groups is 1. The van der Waals surface area contributed by atoms with Crippen LogP contribution in [0.4, 0.5) is 0 Å². The summed E-state index contributed by atoms with van der Waals surface area (Å²) in [5.74, 6) is 0.250. The first-order valence-electron chi connectivity index (χ1n) is 14.4. The molecular weight excluding hydrogens is 583 g/mol. The number of nitrogens with one attached hydrogen (secondary N) is 2. The van der Waals surface area contributed by atoms with Gasteiger partial charge in [0, 0.05) is 17.1 Å². The normalized spacial score (nSPS) is 19.3. The number of hydrogen-bond acceptors (Lipinski definition) is 8. The van der Waals surface area contributed by atoms with Crippen LogP contribution in [0.3, 0.4) is 0 Å². The third-order valence-corrected chi connectivity index (χ3v) is 12.3. The first kappa shape index (κ1) is 32.1. The summed E-state index contributed by atoms with van der Waals surface area (Å²) in [6.07, 6.45) is 7.22. The van der Waals surface area contributed by atoms with Crippen LogP contribution in [0.25, 0.3) is 10.4 Å². The number of rotatable bonds is 8. The standard InChI is InChI=1S/C29H43N3O6S3/c1-28(2,3)32-41(37,38)24-12-11-20(18-22(24)29(4,5)34)25-23(17-19-9-7-6-8-10-19)31-27(39-25)26(33)30-21-13-15-40(35,36)16-14-21/h11-12,18-19,21,32,34H,6-10,13-17H2,1-5H3,(H,30,33). The average molecular weight is 626 g/mol. The number of benzene rings is 1. The molecule has 3 N–H and O–H groups in total. The molecule has 0 spiro atoms. The molecule has 0 radical (unpaired) electrons. The molecule has 0 atom stereocenters. The molecule has 1 aromatic carbocycles. The highest BCUT2D eigenvalue weighted by molar-refractivity contribution is 7.91. The molecule has 9 nitrogen and oxygen atoms in total. The highest BCUT2D eigenvalue weighted by atomic mass is 32.2. The van der Waals surface area contributed by atoms with Crippen LogP contribution in [0.15, 0.2) is 23.1 Å². The van der Waals surface area contributed by atoms with Gasteiger partial charge in [-0.3, -0.25) is 4.79 Å². The Balaban J connectivity index is 1.72. The fourth-order valence-electron chi connectivity index (χ4n) is 5.60. The Morgan fingerprint density at radius 2 is 1.68 bits per heavy atom. The maximum Gasteiger partial charge on any atom is 0.280 e. The van der Waals surface area contributed by atoms with Gasteiger partial charge in [0.05, 0.1) is 32.6 Å². The number of sulfone groups is 1. The monoisotopic (exact) mass is 625 g/mol. The van der Waals surface area contributed by atoms with E-state index in [1.165, 1.54) is 23.8 Å². The molecule has 41 heavy (non-hydrogen) atoms. The van der Waals surface area contributed by atoms with Crippen molar-refractivity contribution in [1.82, 2.24) is 15.0 Å². The predicted molar refractivity (Wildman–Crippen MR) is 162 cm³/mol. The van der Waals surface area contributed by atoms with Crippen molar-refractivity contribution in [1.29, 1.82) is 0 Å². The Morgan fingerprint density at radius 1 is 1.05 bits per heavy atom. The Morgan fingerprint density at radius 3 is 2.27 bits per heavy atom. The lowest BCUT2D eigenvalue weighted by molar-refractivity contribution is 0.0755. The second-order valence-corrected chi connectivity index (χ2v) is 18.0. The molecule has 2 fully saturated rings. The number of aromatic nitrogens is 1. The number of amides is 1. The van der Waals surface area contributed by atoms with Crippen molar-refractivity contribution in [3.05, 3.63) is 34.5 Å². The van der Waals surface area contributed by atoms with Crippen LogP contribution >= 0.6 is 11.3 Å². The fourth-order valence-corrected chi connectivity index (χ4v) is 9.85. The minimum absolute atomic E-state index is 0.00670. The van der Waals surface area contributed by atoms with E-state index in [1.807, 2.05) is 0 Å². The smallest absolute Gasteiger partial charge is 0.280 e. The highest BCUT2D eigenvalue weighted by Gasteiger charge is 2.32. The number of aliphatic hydroxyl groups is 1. The van der Waals surface area contributed by atoms with E-state index in [1.54, 1.807) is 46.8 Å². The molecule has 228 valence electrons. The van der Waals surface area contributed by atoms with Gasteiger partial charge in [0.1, 0.15) is 9.84 Å². The SMILES string of the molecule is CC(C)(C)NS(=O)(=O)c1ccc(-c2sc(C(=O)NC3CCS(=O)(=O)CC3)nc2CC2CCCCC2)cc1C(C)(C)O. The fraction of sp³-hybridized carbons (Fsp3) is 0.655. The molecule has 1 saturated heterocycles. The molecule has 1 aliphatic carbocycles. The van der Waals surface area contributed by atoms with Crippen molar-refractivity contribution in [2.24, 2.45) is 5.92 Å². The zero-order valence-corrected chi connectivity index (χ0v) is 27.1. The summed E-state index contributed by atoms with van der Waals surface area (Å²) in [5.41, 5.74) is -0.401. The van der Waals surface area contributed by atoms with E-state index in [0.29, 0.717) is 35.8 Å². The summed E-state index contributed by atoms with van der Waals surface area (Å²) in [6.45, 7) is 8.39. The van der Waals surface area contributed by atoms with E-state index in [-0.39, 0.29) is 33.9 Å². The number of nitrogens with zero attached hydrogens (tertiary/aromatic N) is 1. The van der Waals surface area contributed by atoms with Gasteiger partial charge in [-0.1, -0.05) is 38.2 Å². The van der Waals surface area contributed by atoms with Crippen LogP contribution in [-0.4, -0.2) is 55.9 Å². The van der Waals surface area contributed by atoms with Crippen molar-refractivity contribution in [3.8, 4) is 10.4 Å². The largest absolute Gasteiger partial charge is 0.386 e. The minimum atomic E-state index is -3.93. The van der Waals surface area contributed by atoms with Gasteiger partial charge in [0.15, 0.2) is 5.01 Å². The summed E-state index contributed by atoms with van der Waals surface area (Å²) in [6, 6.07) is 4.71. The maximum atomic E-state index is 13.3. The minimum Gasteiger partial charge on any atom is -0.386 e. The second kappa shape index (κ2) is 12.0. The number of sulfonamides is 1. The van der Waals surface area contributed by atoms with Crippen LogP contribution in [0.2, 0.25) is 0 Å². The van der Waals surface area contributed by atoms with Gasteiger partial charge in [-0.15, -0.1) is 11.3 Å². The lowest BCUT2D eigenvalue weighted by atomic mass is 9.85. The first-order chi connectivity index (χ1) is 18.9. The van der Waals surface area contributed by atoms with Crippen LogP contribution in [0.5, 0.6) is 0 Å². The Hall–Kier alpha value is -1.86. The topological polar surface area (TPSA) is 143 Å². The van der Waals surface area contributed by atoms with Gasteiger partial charge in [-0.05, 0) is 77.5 Å². The zero-order valence-electron chi connectivity index (χ0n) is 24.6. The molecule has 1 aliphatic heterocycles. The van der Waals surface area contributed by atoms with E-state index in [4.69, 9.17) is 4.98 Å².